The van der Waals surface area contributed by atoms with Crippen LogP contribution in [0.3, 0.4) is 0 Å². The molecular formula is C22H22ClF2N5O3. The van der Waals surface area contributed by atoms with Gasteiger partial charge in [0.25, 0.3) is 11.8 Å². The minimum absolute atomic E-state index is 0.123. The lowest BCUT2D eigenvalue weighted by molar-refractivity contribution is -0.142. The summed E-state index contributed by atoms with van der Waals surface area (Å²) in [5.74, 6) is 0.414. The highest BCUT2D eigenvalue weighted by molar-refractivity contribution is 6.31. The molecule has 1 saturated heterocycles. The average molecular weight is 478 g/mol. The van der Waals surface area contributed by atoms with E-state index in [0.29, 0.717) is 42.5 Å². The van der Waals surface area contributed by atoms with Gasteiger partial charge < -0.3 is 14.1 Å². The van der Waals surface area contributed by atoms with Gasteiger partial charge in [-0.3, -0.25) is 4.79 Å². The number of aromatic nitrogens is 4. The molecule has 0 bridgehead atoms. The van der Waals surface area contributed by atoms with Gasteiger partial charge in [-0.25, -0.2) is 8.78 Å². The Morgan fingerprint density at radius 2 is 1.91 bits per heavy atom. The van der Waals surface area contributed by atoms with Crippen LogP contribution < -0.4 is 4.90 Å². The van der Waals surface area contributed by atoms with Crippen molar-refractivity contribution in [3.05, 3.63) is 52.9 Å². The van der Waals surface area contributed by atoms with Gasteiger partial charge in [0.2, 0.25) is 6.43 Å². The summed E-state index contributed by atoms with van der Waals surface area (Å²) in [4.78, 5) is 12.8. The molecule has 33 heavy (non-hydrogen) atoms. The molecule has 11 heteroatoms. The average Bonchev–Trinajstić information content (AvgIpc) is 3.29. The predicted octanol–water partition coefficient (Wildman–Crippen LogP) is 4.34. The molecule has 8 nitrogen and oxygen atoms in total. The fourth-order valence-corrected chi connectivity index (χ4v) is 4.06. The Kier molecular flexibility index (Phi) is 6.83. The number of rotatable bonds is 7. The third-order valence-corrected chi connectivity index (χ3v) is 6.15. The summed E-state index contributed by atoms with van der Waals surface area (Å²) in [6.07, 6.45) is -1.61. The summed E-state index contributed by atoms with van der Waals surface area (Å²) in [7, 11) is 0. The second kappa shape index (κ2) is 9.78. The van der Waals surface area contributed by atoms with Crippen molar-refractivity contribution >= 4 is 23.4 Å². The maximum atomic E-state index is 14.1. The third kappa shape index (κ3) is 5.27. The van der Waals surface area contributed by atoms with Crippen LogP contribution in [-0.2, 0) is 22.6 Å². The first-order valence-electron chi connectivity index (χ1n) is 10.4. The topological polar surface area (TPSA) is 94.2 Å². The van der Waals surface area contributed by atoms with E-state index in [-0.39, 0.29) is 24.8 Å². The molecule has 0 radical (unpaired) electrons. The van der Waals surface area contributed by atoms with Gasteiger partial charge in [-0.2, -0.15) is 0 Å². The first-order chi connectivity index (χ1) is 15.9. The first-order valence-corrected chi connectivity index (χ1v) is 10.8. The smallest absolute Gasteiger partial charge is 0.303 e. The minimum Gasteiger partial charge on any atom is -0.456 e. The highest BCUT2D eigenvalue weighted by Gasteiger charge is 2.43. The molecule has 0 saturated carbocycles. The first kappa shape index (κ1) is 23.0. The van der Waals surface area contributed by atoms with E-state index in [0.717, 1.165) is 5.56 Å². The lowest BCUT2D eigenvalue weighted by Crippen LogP contribution is -2.45. The molecule has 174 valence electrons. The number of carbonyl (C=O) groups is 1. The summed E-state index contributed by atoms with van der Waals surface area (Å²) >= 11 is 6.22. The Morgan fingerprint density at radius 1 is 1.15 bits per heavy atom. The van der Waals surface area contributed by atoms with Crippen molar-refractivity contribution in [2.45, 2.75) is 39.2 Å². The number of hydrogen-bond acceptors (Lipinski definition) is 8. The molecule has 1 aliphatic heterocycles. The van der Waals surface area contributed by atoms with Gasteiger partial charge in [-0.05, 0) is 43.0 Å². The van der Waals surface area contributed by atoms with E-state index in [9.17, 15) is 13.6 Å². The van der Waals surface area contributed by atoms with Crippen LogP contribution in [0.5, 0.6) is 0 Å². The Bertz CT molecular complexity index is 1100. The van der Waals surface area contributed by atoms with Crippen LogP contribution >= 0.6 is 11.6 Å². The molecule has 4 rings (SSSR count). The molecule has 3 aromatic rings. The number of halogens is 3. The van der Waals surface area contributed by atoms with E-state index in [1.807, 2.05) is 11.0 Å². The van der Waals surface area contributed by atoms with Crippen molar-refractivity contribution in [1.29, 1.82) is 0 Å². The van der Waals surface area contributed by atoms with Gasteiger partial charge in [0.15, 0.2) is 12.4 Å². The number of hydrogen-bond donors (Lipinski definition) is 0. The van der Waals surface area contributed by atoms with Crippen LogP contribution in [0, 0.1) is 5.41 Å². The Hall–Kier alpha value is -3.14. The molecule has 0 N–H and O–H groups in total. The maximum Gasteiger partial charge on any atom is 0.303 e. The van der Waals surface area contributed by atoms with E-state index in [1.165, 1.54) is 6.92 Å². The van der Waals surface area contributed by atoms with Crippen LogP contribution in [0.25, 0.3) is 11.6 Å². The van der Waals surface area contributed by atoms with Crippen molar-refractivity contribution < 1.29 is 22.7 Å². The number of benzene rings is 1. The van der Waals surface area contributed by atoms with Gasteiger partial charge in [-0.15, -0.1) is 20.4 Å². The van der Waals surface area contributed by atoms with Gasteiger partial charge in [0.1, 0.15) is 5.69 Å². The van der Waals surface area contributed by atoms with Crippen LogP contribution in [-0.4, -0.2) is 45.9 Å². The van der Waals surface area contributed by atoms with Crippen molar-refractivity contribution in [3.8, 4) is 11.6 Å². The van der Waals surface area contributed by atoms with E-state index < -0.39 is 17.8 Å². The molecule has 0 atom stereocenters. The highest BCUT2D eigenvalue weighted by atomic mass is 35.5. The minimum atomic E-state index is -2.46. The van der Waals surface area contributed by atoms with E-state index in [4.69, 9.17) is 20.8 Å². The lowest BCUT2D eigenvalue weighted by atomic mass is 9.74. The number of carbonyl (C=O) groups excluding carboxylic acids is 1. The molecular weight excluding hydrogens is 456 g/mol. The fourth-order valence-electron chi connectivity index (χ4n) is 3.86. The third-order valence-electron chi connectivity index (χ3n) is 5.78. The monoisotopic (exact) mass is 477 g/mol. The normalized spacial score (nSPS) is 15.6. The molecule has 1 fully saturated rings. The van der Waals surface area contributed by atoms with E-state index in [2.05, 4.69) is 20.4 Å². The van der Waals surface area contributed by atoms with E-state index in [1.54, 1.807) is 30.3 Å². The second-order valence-corrected chi connectivity index (χ2v) is 8.38. The Balaban J connectivity index is 1.41. The summed E-state index contributed by atoms with van der Waals surface area (Å²) in [6, 6.07) is 10.5. The number of piperidine rings is 1. The molecule has 1 aliphatic rings. The van der Waals surface area contributed by atoms with Crippen LogP contribution in [0.2, 0.25) is 5.02 Å². The molecule has 0 unspecified atom stereocenters. The number of alkyl halides is 2. The molecule has 0 spiro atoms. The summed E-state index contributed by atoms with van der Waals surface area (Å²) < 4.78 is 38.5. The number of esters is 1. The maximum absolute atomic E-state index is 14.1. The molecule has 0 amide bonds. The SMILES string of the molecule is CC(=O)OCc1nnc(-c2ccc(N3CCC(Cc4ccccc4Cl)(C(F)F)CC3)nn2)o1. The lowest BCUT2D eigenvalue weighted by Gasteiger charge is -2.41. The molecule has 0 aliphatic carbocycles. The zero-order valence-corrected chi connectivity index (χ0v) is 18.6. The quantitative estimate of drug-likeness (QED) is 0.464. The molecule has 1 aromatic carbocycles. The van der Waals surface area contributed by atoms with Crippen molar-refractivity contribution in [2.75, 3.05) is 18.0 Å². The zero-order valence-electron chi connectivity index (χ0n) is 17.9. The highest BCUT2D eigenvalue weighted by Crippen LogP contribution is 2.42. The van der Waals surface area contributed by atoms with Crippen LogP contribution in [0.4, 0.5) is 14.6 Å². The Labute approximate surface area is 193 Å². The summed E-state index contributed by atoms with van der Waals surface area (Å²) in [6.45, 7) is 2.01. The van der Waals surface area contributed by atoms with Crippen LogP contribution in [0.1, 0.15) is 31.2 Å². The number of nitrogens with zero attached hydrogens (tertiary/aromatic N) is 5. The van der Waals surface area contributed by atoms with Gasteiger partial charge in [0, 0.05) is 30.5 Å². The number of ether oxygens (including phenoxy) is 1. The zero-order chi connectivity index (χ0) is 23.4. The van der Waals surface area contributed by atoms with Crippen molar-refractivity contribution in [2.24, 2.45) is 5.41 Å². The molecule has 2 aromatic heterocycles. The van der Waals surface area contributed by atoms with Gasteiger partial charge >= 0.3 is 5.97 Å². The second-order valence-electron chi connectivity index (χ2n) is 7.98. The predicted molar refractivity (Wildman–Crippen MR) is 116 cm³/mol. The Morgan fingerprint density at radius 3 is 2.55 bits per heavy atom. The van der Waals surface area contributed by atoms with Gasteiger partial charge in [-0.1, -0.05) is 29.8 Å². The largest absolute Gasteiger partial charge is 0.456 e. The molecule has 3 heterocycles. The van der Waals surface area contributed by atoms with Crippen LogP contribution in [0.15, 0.2) is 40.8 Å². The van der Waals surface area contributed by atoms with E-state index >= 15 is 0 Å². The summed E-state index contributed by atoms with van der Waals surface area (Å²) in [5, 5.41) is 16.5. The van der Waals surface area contributed by atoms with Crippen molar-refractivity contribution in [1.82, 2.24) is 20.4 Å². The van der Waals surface area contributed by atoms with Gasteiger partial charge in [0.05, 0.1) is 0 Å². The number of anilines is 1. The fraction of sp³-hybridized carbons (Fsp3) is 0.409. The standard InChI is InChI=1S/C22H22ClF2N5O3/c1-14(31)32-13-19-28-29-20(33-19)17-6-7-18(27-26-17)30-10-8-22(9-11-30,21(24)25)12-15-4-2-3-5-16(15)23/h2-7,21H,8-13H2,1H3. The van der Waals surface area contributed by atoms with Crippen molar-refractivity contribution in [3.63, 3.8) is 0 Å². The summed E-state index contributed by atoms with van der Waals surface area (Å²) in [5.41, 5.74) is -0.0283.